The summed E-state index contributed by atoms with van der Waals surface area (Å²) in [5.74, 6) is -6.30. The Kier molecular flexibility index (Phi) is 14.3. The summed E-state index contributed by atoms with van der Waals surface area (Å²) in [6.07, 6.45) is 0.0861. The number of rotatable bonds is 18. The molecule has 0 aliphatic carbocycles. The molecule has 0 N–H and O–H groups in total. The number of ether oxygens (including phenoxy) is 5. The van der Waals surface area contributed by atoms with Gasteiger partial charge in [0, 0.05) is 0 Å². The van der Waals surface area contributed by atoms with Crippen LogP contribution in [0, 0.1) is 0 Å². The fourth-order valence-corrected chi connectivity index (χ4v) is 4.13. The molecule has 0 aliphatic heterocycles. The summed E-state index contributed by atoms with van der Waals surface area (Å²) in [7, 11) is 0. The van der Waals surface area contributed by atoms with Gasteiger partial charge in [-0.2, -0.15) is 22.0 Å². The van der Waals surface area contributed by atoms with Crippen LogP contribution in [0.5, 0.6) is 17.2 Å². The molecule has 0 amide bonds. The Morgan fingerprint density at radius 2 is 1.06 bits per heavy atom. The molecule has 0 unspecified atom stereocenters. The molecule has 0 spiro atoms. The van der Waals surface area contributed by atoms with Crippen LogP contribution in [0.3, 0.4) is 0 Å². The molecule has 0 bridgehead atoms. The van der Waals surface area contributed by atoms with Crippen molar-refractivity contribution in [1.29, 1.82) is 0 Å². The van der Waals surface area contributed by atoms with Crippen molar-refractivity contribution >= 4 is 17.9 Å². The van der Waals surface area contributed by atoms with Gasteiger partial charge in [0.2, 0.25) is 0 Å². The number of benzene rings is 3. The van der Waals surface area contributed by atoms with Crippen molar-refractivity contribution in [3.8, 4) is 17.2 Å². The molecule has 0 radical (unpaired) electrons. The second kappa shape index (κ2) is 18.1. The van der Waals surface area contributed by atoms with E-state index in [4.69, 9.17) is 18.9 Å². The van der Waals surface area contributed by atoms with Gasteiger partial charge in [0.05, 0.1) is 29.9 Å². The number of carbonyl (C=O) groups is 3. The Hall–Kier alpha value is -4.52. The van der Waals surface area contributed by atoms with E-state index >= 15 is 0 Å². The molecular weight excluding hydrogens is 643 g/mol. The summed E-state index contributed by atoms with van der Waals surface area (Å²) in [5.41, 5.74) is 0.477. The third-order valence-electron chi connectivity index (χ3n) is 6.82. The molecule has 1 atom stereocenters. The molecule has 0 saturated carbocycles. The van der Waals surface area contributed by atoms with Crippen LogP contribution in [0.2, 0.25) is 0 Å². The Balaban J connectivity index is 1.42. The quantitative estimate of drug-likeness (QED) is 0.0570. The van der Waals surface area contributed by atoms with Crippen molar-refractivity contribution in [3.63, 3.8) is 0 Å². The minimum atomic E-state index is -5.76. The van der Waals surface area contributed by atoms with Crippen LogP contribution in [0.4, 0.5) is 22.0 Å². The average molecular weight is 681 g/mol. The van der Waals surface area contributed by atoms with E-state index in [-0.39, 0.29) is 22.6 Å². The van der Waals surface area contributed by atoms with E-state index < -0.39 is 49.3 Å². The Morgan fingerprint density at radius 1 is 0.625 bits per heavy atom. The zero-order valence-corrected chi connectivity index (χ0v) is 26.5. The second-order valence-corrected chi connectivity index (χ2v) is 10.9. The zero-order chi connectivity index (χ0) is 35.2. The average Bonchev–Trinajstić information content (AvgIpc) is 3.04. The first-order valence-electron chi connectivity index (χ1n) is 15.4. The van der Waals surface area contributed by atoms with Gasteiger partial charge in [0.25, 0.3) is 0 Å². The van der Waals surface area contributed by atoms with Crippen molar-refractivity contribution in [3.05, 3.63) is 89.5 Å². The minimum Gasteiger partial charge on any atom is -0.494 e. The van der Waals surface area contributed by atoms with E-state index in [0.717, 1.165) is 12.8 Å². The molecule has 3 rings (SSSR count). The Morgan fingerprint density at radius 3 is 1.54 bits per heavy atom. The predicted molar refractivity (Wildman–Crippen MR) is 165 cm³/mol. The van der Waals surface area contributed by atoms with Crippen LogP contribution in [0.25, 0.3) is 0 Å². The lowest BCUT2D eigenvalue weighted by molar-refractivity contribution is -0.297. The standard InChI is InChI=1S/C35H37F5O8/c1-3-4-5-6-7-8-21-45-28-15-9-26(10-16-28)32(42)47-30-19-13-27(14-20-30)33(43)48-29-17-11-25(12-18-29)31(41)46-24(2)22-44-23-34(36,37)35(38,39)40/h9-20,24H,3-8,21-23H2,1-2H3/t24-/m1/s1. The van der Waals surface area contributed by atoms with Crippen molar-refractivity contribution < 1.29 is 60.0 Å². The van der Waals surface area contributed by atoms with Gasteiger partial charge in [-0.15, -0.1) is 0 Å². The van der Waals surface area contributed by atoms with Gasteiger partial charge < -0.3 is 23.7 Å². The molecule has 0 fully saturated rings. The number of esters is 3. The maximum Gasteiger partial charge on any atom is 0.455 e. The van der Waals surface area contributed by atoms with Crippen molar-refractivity contribution in [1.82, 2.24) is 0 Å². The maximum absolute atomic E-state index is 12.9. The van der Waals surface area contributed by atoms with Crippen LogP contribution in [0.1, 0.15) is 83.4 Å². The van der Waals surface area contributed by atoms with Gasteiger partial charge in [-0.05, 0) is 86.1 Å². The highest BCUT2D eigenvalue weighted by Gasteiger charge is 2.57. The van der Waals surface area contributed by atoms with Crippen LogP contribution in [-0.2, 0) is 9.47 Å². The number of alkyl halides is 5. The van der Waals surface area contributed by atoms with E-state index in [1.807, 2.05) is 0 Å². The number of halogens is 5. The van der Waals surface area contributed by atoms with E-state index in [2.05, 4.69) is 11.7 Å². The highest BCUT2D eigenvalue weighted by atomic mass is 19.4. The number of hydrogen-bond acceptors (Lipinski definition) is 8. The van der Waals surface area contributed by atoms with E-state index in [1.54, 1.807) is 24.3 Å². The smallest absolute Gasteiger partial charge is 0.455 e. The lowest BCUT2D eigenvalue weighted by Gasteiger charge is -2.20. The highest BCUT2D eigenvalue weighted by Crippen LogP contribution is 2.35. The second-order valence-electron chi connectivity index (χ2n) is 10.9. The van der Waals surface area contributed by atoms with Crippen molar-refractivity contribution in [2.45, 2.75) is 70.6 Å². The molecular formula is C35H37F5O8. The third kappa shape index (κ3) is 12.3. The monoisotopic (exact) mass is 680 g/mol. The molecule has 48 heavy (non-hydrogen) atoms. The number of unbranched alkanes of at least 4 members (excludes halogenated alkanes) is 5. The van der Waals surface area contributed by atoms with Crippen molar-refractivity contribution in [2.24, 2.45) is 0 Å². The van der Waals surface area contributed by atoms with E-state index in [0.29, 0.717) is 17.9 Å². The molecule has 3 aromatic carbocycles. The van der Waals surface area contributed by atoms with Crippen molar-refractivity contribution in [2.75, 3.05) is 19.8 Å². The lowest BCUT2D eigenvalue weighted by Crippen LogP contribution is -2.41. The zero-order valence-electron chi connectivity index (χ0n) is 26.5. The molecule has 0 heterocycles. The molecule has 3 aromatic rings. The Labute approximate surface area is 275 Å². The van der Waals surface area contributed by atoms with Gasteiger partial charge in [0.15, 0.2) is 0 Å². The topological polar surface area (TPSA) is 97.4 Å². The normalized spacial score (nSPS) is 12.2. The number of hydrogen-bond donors (Lipinski definition) is 0. The molecule has 0 aliphatic rings. The summed E-state index contributed by atoms with van der Waals surface area (Å²) >= 11 is 0. The van der Waals surface area contributed by atoms with Gasteiger partial charge in [-0.1, -0.05) is 39.0 Å². The SMILES string of the molecule is CCCCCCCCOc1ccc(C(=O)Oc2ccc(C(=O)Oc3ccc(C(=O)O[C@H](C)COCC(F)(F)C(F)(F)F)cc3)cc2)cc1. The first-order valence-corrected chi connectivity index (χ1v) is 15.4. The van der Waals surface area contributed by atoms with Gasteiger partial charge >= 0.3 is 30.0 Å². The molecule has 8 nitrogen and oxygen atoms in total. The van der Waals surface area contributed by atoms with Crippen LogP contribution in [-0.4, -0.2) is 55.9 Å². The summed E-state index contributed by atoms with van der Waals surface area (Å²) in [4.78, 5) is 37.4. The van der Waals surface area contributed by atoms with Crippen LogP contribution < -0.4 is 14.2 Å². The van der Waals surface area contributed by atoms with E-state index in [1.165, 1.54) is 81.1 Å². The first kappa shape index (κ1) is 37.9. The molecule has 0 saturated heterocycles. The third-order valence-corrected chi connectivity index (χ3v) is 6.82. The van der Waals surface area contributed by atoms with Crippen LogP contribution >= 0.6 is 0 Å². The lowest BCUT2D eigenvalue weighted by atomic mass is 10.1. The molecule has 260 valence electrons. The predicted octanol–water partition coefficient (Wildman–Crippen LogP) is 8.62. The van der Waals surface area contributed by atoms with Gasteiger partial charge in [0.1, 0.15) is 30.0 Å². The molecule has 0 aromatic heterocycles. The minimum absolute atomic E-state index is 0.00349. The summed E-state index contributed by atoms with van der Waals surface area (Å²) in [6.45, 7) is 1.45. The fourth-order valence-electron chi connectivity index (χ4n) is 4.13. The van der Waals surface area contributed by atoms with Crippen LogP contribution in [0.15, 0.2) is 72.8 Å². The fraction of sp³-hybridized carbons (Fsp3) is 0.400. The summed E-state index contributed by atoms with van der Waals surface area (Å²) < 4.78 is 88.3. The highest BCUT2D eigenvalue weighted by molar-refractivity contribution is 5.93. The largest absolute Gasteiger partial charge is 0.494 e. The molecule has 13 heteroatoms. The van der Waals surface area contributed by atoms with Gasteiger partial charge in [-0.3, -0.25) is 0 Å². The summed E-state index contributed by atoms with van der Waals surface area (Å²) in [5, 5.41) is 0. The Bertz CT molecular complexity index is 1460. The number of carbonyl (C=O) groups excluding carboxylic acids is 3. The summed E-state index contributed by atoms with van der Waals surface area (Å²) in [6, 6.07) is 17.5. The maximum atomic E-state index is 12.9. The van der Waals surface area contributed by atoms with Gasteiger partial charge in [-0.25, -0.2) is 14.4 Å². The van der Waals surface area contributed by atoms with E-state index in [9.17, 15) is 36.3 Å². The first-order chi connectivity index (χ1) is 22.8.